The SMILES string of the molecule is COc1cc(CNC2CCN(C)CC2C)cc(Cl)c1OC. The first-order chi connectivity index (χ1) is 10.0. The molecule has 0 radical (unpaired) electrons. The van der Waals surface area contributed by atoms with Crippen LogP contribution in [0.25, 0.3) is 0 Å². The summed E-state index contributed by atoms with van der Waals surface area (Å²) in [6, 6.07) is 4.47. The second kappa shape index (κ2) is 7.34. The Morgan fingerprint density at radius 1 is 1.33 bits per heavy atom. The van der Waals surface area contributed by atoms with Gasteiger partial charge in [-0.1, -0.05) is 18.5 Å². The molecule has 0 aromatic heterocycles. The fraction of sp³-hybridized carbons (Fsp3) is 0.625. The van der Waals surface area contributed by atoms with Gasteiger partial charge in [-0.05, 0) is 43.6 Å². The average molecular weight is 313 g/mol. The number of ether oxygens (including phenoxy) is 2. The number of halogens is 1. The van der Waals surface area contributed by atoms with Gasteiger partial charge in [-0.15, -0.1) is 0 Å². The third kappa shape index (κ3) is 4.02. The molecule has 118 valence electrons. The summed E-state index contributed by atoms with van der Waals surface area (Å²) in [5.41, 5.74) is 1.11. The summed E-state index contributed by atoms with van der Waals surface area (Å²) in [5, 5.41) is 4.23. The van der Waals surface area contributed by atoms with E-state index in [1.165, 1.54) is 6.42 Å². The summed E-state index contributed by atoms with van der Waals surface area (Å²) >= 11 is 6.24. The van der Waals surface area contributed by atoms with E-state index in [0.29, 0.717) is 28.5 Å². The van der Waals surface area contributed by atoms with E-state index in [4.69, 9.17) is 21.1 Å². The Morgan fingerprint density at radius 3 is 2.71 bits per heavy atom. The van der Waals surface area contributed by atoms with Gasteiger partial charge in [-0.25, -0.2) is 0 Å². The van der Waals surface area contributed by atoms with Gasteiger partial charge in [0.1, 0.15) is 0 Å². The fourth-order valence-electron chi connectivity index (χ4n) is 2.98. The Hall–Kier alpha value is -0.970. The molecule has 2 rings (SSSR count). The predicted molar refractivity (Wildman–Crippen MR) is 86.5 cm³/mol. The third-order valence-corrected chi connectivity index (χ3v) is 4.45. The van der Waals surface area contributed by atoms with E-state index < -0.39 is 0 Å². The van der Waals surface area contributed by atoms with E-state index in [2.05, 4.69) is 24.2 Å². The van der Waals surface area contributed by atoms with Crippen molar-refractivity contribution in [3.8, 4) is 11.5 Å². The van der Waals surface area contributed by atoms with E-state index in [1.807, 2.05) is 12.1 Å². The number of methoxy groups -OCH3 is 2. The highest BCUT2D eigenvalue weighted by Gasteiger charge is 2.23. The normalized spacial score (nSPS) is 23.1. The molecule has 1 heterocycles. The minimum absolute atomic E-state index is 0.549. The number of hydrogen-bond donors (Lipinski definition) is 1. The summed E-state index contributed by atoms with van der Waals surface area (Å²) in [6.45, 7) is 5.38. The quantitative estimate of drug-likeness (QED) is 0.906. The second-order valence-electron chi connectivity index (χ2n) is 5.83. The molecule has 1 aromatic carbocycles. The zero-order chi connectivity index (χ0) is 15.4. The largest absolute Gasteiger partial charge is 0.493 e. The van der Waals surface area contributed by atoms with Gasteiger partial charge >= 0.3 is 0 Å². The van der Waals surface area contributed by atoms with E-state index in [1.54, 1.807) is 14.2 Å². The van der Waals surface area contributed by atoms with E-state index in [-0.39, 0.29) is 0 Å². The van der Waals surface area contributed by atoms with Crippen molar-refractivity contribution in [1.29, 1.82) is 0 Å². The minimum atomic E-state index is 0.549. The lowest BCUT2D eigenvalue weighted by molar-refractivity contribution is 0.174. The van der Waals surface area contributed by atoms with Crippen molar-refractivity contribution < 1.29 is 9.47 Å². The van der Waals surface area contributed by atoms with Crippen LogP contribution in [0.1, 0.15) is 18.9 Å². The van der Waals surface area contributed by atoms with Gasteiger partial charge in [-0.2, -0.15) is 0 Å². The van der Waals surface area contributed by atoms with Gasteiger partial charge < -0.3 is 19.7 Å². The highest BCUT2D eigenvalue weighted by Crippen LogP contribution is 2.36. The maximum absolute atomic E-state index is 6.24. The second-order valence-corrected chi connectivity index (χ2v) is 6.24. The lowest BCUT2D eigenvalue weighted by atomic mass is 9.94. The molecule has 1 aromatic rings. The third-order valence-electron chi connectivity index (χ3n) is 4.17. The Kier molecular flexibility index (Phi) is 5.73. The lowest BCUT2D eigenvalue weighted by Crippen LogP contribution is -2.46. The molecule has 4 nitrogen and oxygen atoms in total. The number of hydrogen-bond acceptors (Lipinski definition) is 4. The van der Waals surface area contributed by atoms with E-state index >= 15 is 0 Å². The molecule has 1 saturated heterocycles. The smallest absolute Gasteiger partial charge is 0.179 e. The van der Waals surface area contributed by atoms with E-state index in [9.17, 15) is 0 Å². The van der Waals surface area contributed by atoms with E-state index in [0.717, 1.165) is 25.2 Å². The number of nitrogens with zero attached hydrogens (tertiary/aromatic N) is 1. The molecule has 1 aliphatic heterocycles. The monoisotopic (exact) mass is 312 g/mol. The first kappa shape index (κ1) is 16.4. The van der Waals surface area contributed by atoms with Crippen LogP contribution in [0.4, 0.5) is 0 Å². The summed E-state index contributed by atoms with van der Waals surface area (Å²) in [6.07, 6.45) is 1.18. The van der Waals surface area contributed by atoms with Crippen LogP contribution in [0.3, 0.4) is 0 Å². The van der Waals surface area contributed by atoms with Crippen molar-refractivity contribution in [3.05, 3.63) is 22.7 Å². The number of piperidine rings is 1. The zero-order valence-electron chi connectivity index (χ0n) is 13.3. The van der Waals surface area contributed by atoms with Crippen LogP contribution in [-0.4, -0.2) is 45.3 Å². The highest BCUT2D eigenvalue weighted by atomic mass is 35.5. The molecule has 21 heavy (non-hydrogen) atoms. The van der Waals surface area contributed by atoms with Crippen LogP contribution in [0.5, 0.6) is 11.5 Å². The van der Waals surface area contributed by atoms with Crippen molar-refractivity contribution in [1.82, 2.24) is 10.2 Å². The molecule has 1 aliphatic rings. The predicted octanol–water partition coefficient (Wildman–Crippen LogP) is 2.79. The van der Waals surface area contributed by atoms with Gasteiger partial charge in [0.25, 0.3) is 0 Å². The minimum Gasteiger partial charge on any atom is -0.493 e. The molecule has 5 heteroatoms. The maximum atomic E-state index is 6.24. The van der Waals surface area contributed by atoms with Gasteiger partial charge in [0.15, 0.2) is 11.5 Å². The molecule has 2 atom stereocenters. The zero-order valence-corrected chi connectivity index (χ0v) is 14.0. The van der Waals surface area contributed by atoms with Gasteiger partial charge in [0, 0.05) is 19.1 Å². The molecule has 0 saturated carbocycles. The number of nitrogens with one attached hydrogen (secondary N) is 1. The Labute approximate surface area is 132 Å². The Balaban J connectivity index is 2.02. The van der Waals surface area contributed by atoms with Crippen LogP contribution in [0.2, 0.25) is 5.02 Å². The van der Waals surface area contributed by atoms with Crippen LogP contribution >= 0.6 is 11.6 Å². The number of benzene rings is 1. The summed E-state index contributed by atoms with van der Waals surface area (Å²) in [5.74, 6) is 1.92. The maximum Gasteiger partial charge on any atom is 0.179 e. The van der Waals surface area contributed by atoms with Crippen molar-refractivity contribution in [3.63, 3.8) is 0 Å². The van der Waals surface area contributed by atoms with Crippen LogP contribution in [-0.2, 0) is 6.54 Å². The van der Waals surface area contributed by atoms with Gasteiger partial charge in [0.05, 0.1) is 19.2 Å². The molecule has 2 unspecified atom stereocenters. The Morgan fingerprint density at radius 2 is 2.10 bits per heavy atom. The van der Waals surface area contributed by atoms with Crippen LogP contribution in [0, 0.1) is 5.92 Å². The summed E-state index contributed by atoms with van der Waals surface area (Å²) < 4.78 is 10.6. The Bertz CT molecular complexity index is 482. The molecule has 0 aliphatic carbocycles. The molecule has 1 N–H and O–H groups in total. The molecule has 1 fully saturated rings. The molecular formula is C16H25ClN2O2. The summed E-state index contributed by atoms with van der Waals surface area (Å²) in [7, 11) is 5.41. The van der Waals surface area contributed by atoms with Gasteiger partial charge in [-0.3, -0.25) is 0 Å². The topological polar surface area (TPSA) is 33.7 Å². The molecule has 0 spiro atoms. The average Bonchev–Trinajstić information content (AvgIpc) is 2.45. The standard InChI is InChI=1S/C16H25ClN2O2/c1-11-10-19(2)6-5-14(11)18-9-12-7-13(17)16(21-4)15(8-12)20-3/h7-8,11,14,18H,5-6,9-10H2,1-4H3. The first-order valence-electron chi connectivity index (χ1n) is 7.37. The highest BCUT2D eigenvalue weighted by molar-refractivity contribution is 6.32. The molecule has 0 amide bonds. The van der Waals surface area contributed by atoms with Crippen LogP contribution < -0.4 is 14.8 Å². The van der Waals surface area contributed by atoms with Crippen molar-refractivity contribution in [2.45, 2.75) is 25.9 Å². The summed E-state index contributed by atoms with van der Waals surface area (Å²) in [4.78, 5) is 2.39. The molecular weight excluding hydrogens is 288 g/mol. The number of rotatable bonds is 5. The van der Waals surface area contributed by atoms with Crippen molar-refractivity contribution in [2.24, 2.45) is 5.92 Å². The number of likely N-dealkylation sites (tertiary alicyclic amines) is 1. The van der Waals surface area contributed by atoms with Crippen LogP contribution in [0.15, 0.2) is 12.1 Å². The van der Waals surface area contributed by atoms with Crippen molar-refractivity contribution >= 4 is 11.6 Å². The fourth-order valence-corrected chi connectivity index (χ4v) is 3.29. The first-order valence-corrected chi connectivity index (χ1v) is 7.75. The lowest BCUT2D eigenvalue weighted by Gasteiger charge is -2.35. The van der Waals surface area contributed by atoms with Gasteiger partial charge in [0.2, 0.25) is 0 Å². The molecule has 0 bridgehead atoms. The van der Waals surface area contributed by atoms with Crippen molar-refractivity contribution in [2.75, 3.05) is 34.4 Å².